The van der Waals surface area contributed by atoms with E-state index in [9.17, 15) is 19.2 Å². The molecule has 3 rings (SSSR count). The standard InChI is InChI=1S/C20H27N5O5/c1-30-15-7-5-14(6-8-15)24(12-9-16(21)26)13-17(27)23-25-18(28)20(22-19(25)29)10-3-2-4-11-20/h5-8H,2-4,9-13H2,1H3,(H2,21,26)(H,22,29)(H,23,27). The zero-order chi connectivity index (χ0) is 21.7. The van der Waals surface area contributed by atoms with Crippen LogP contribution >= 0.6 is 0 Å². The van der Waals surface area contributed by atoms with E-state index in [1.807, 2.05) is 0 Å². The van der Waals surface area contributed by atoms with Gasteiger partial charge in [0.05, 0.1) is 13.7 Å². The summed E-state index contributed by atoms with van der Waals surface area (Å²) >= 11 is 0. The van der Waals surface area contributed by atoms with Crippen molar-refractivity contribution in [1.29, 1.82) is 0 Å². The van der Waals surface area contributed by atoms with Gasteiger partial charge in [0.2, 0.25) is 5.91 Å². The van der Waals surface area contributed by atoms with Crippen molar-refractivity contribution in [1.82, 2.24) is 15.8 Å². The van der Waals surface area contributed by atoms with E-state index in [4.69, 9.17) is 10.5 Å². The van der Waals surface area contributed by atoms with Gasteiger partial charge in [-0.15, -0.1) is 0 Å². The van der Waals surface area contributed by atoms with Gasteiger partial charge in [0.15, 0.2) is 0 Å². The van der Waals surface area contributed by atoms with Crippen LogP contribution in [0.2, 0.25) is 0 Å². The van der Waals surface area contributed by atoms with Gasteiger partial charge in [-0.2, -0.15) is 5.01 Å². The van der Waals surface area contributed by atoms with Crippen molar-refractivity contribution in [2.24, 2.45) is 5.73 Å². The molecular formula is C20H27N5O5. The smallest absolute Gasteiger partial charge is 0.344 e. The molecule has 0 radical (unpaired) electrons. The molecule has 1 saturated carbocycles. The minimum absolute atomic E-state index is 0.0472. The van der Waals surface area contributed by atoms with E-state index in [0.29, 0.717) is 24.3 Å². The molecule has 2 fully saturated rings. The summed E-state index contributed by atoms with van der Waals surface area (Å²) in [4.78, 5) is 50.7. The van der Waals surface area contributed by atoms with Gasteiger partial charge in [0.25, 0.3) is 11.8 Å². The van der Waals surface area contributed by atoms with E-state index in [-0.39, 0.29) is 19.5 Å². The summed E-state index contributed by atoms with van der Waals surface area (Å²) in [5.41, 5.74) is 7.42. The second kappa shape index (κ2) is 9.02. The number of benzene rings is 1. The summed E-state index contributed by atoms with van der Waals surface area (Å²) in [6.07, 6.45) is 3.92. The maximum atomic E-state index is 12.8. The van der Waals surface area contributed by atoms with Crippen LogP contribution < -0.4 is 26.1 Å². The Labute approximate surface area is 174 Å². The van der Waals surface area contributed by atoms with Crippen molar-refractivity contribution in [2.75, 3.05) is 25.1 Å². The first-order chi connectivity index (χ1) is 14.3. The number of carbonyl (C=O) groups excluding carboxylic acids is 4. The third-order valence-corrected chi connectivity index (χ3v) is 5.51. The first-order valence-corrected chi connectivity index (χ1v) is 9.98. The second-order valence-electron chi connectivity index (χ2n) is 7.58. The Morgan fingerprint density at radius 1 is 1.20 bits per heavy atom. The number of imide groups is 1. The molecule has 0 atom stereocenters. The Kier molecular flexibility index (Phi) is 6.43. The lowest BCUT2D eigenvalue weighted by Crippen LogP contribution is -2.52. The van der Waals surface area contributed by atoms with Crippen molar-refractivity contribution in [3.63, 3.8) is 0 Å². The van der Waals surface area contributed by atoms with Gasteiger partial charge in [-0.3, -0.25) is 19.8 Å². The van der Waals surface area contributed by atoms with Crippen LogP contribution in [-0.2, 0) is 14.4 Å². The zero-order valence-electron chi connectivity index (χ0n) is 17.0. The number of ether oxygens (including phenoxy) is 1. The van der Waals surface area contributed by atoms with E-state index in [0.717, 1.165) is 24.3 Å². The topological polar surface area (TPSA) is 134 Å². The van der Waals surface area contributed by atoms with E-state index in [1.54, 1.807) is 36.3 Å². The molecule has 0 aromatic heterocycles. The predicted octanol–water partition coefficient (Wildman–Crippen LogP) is 0.663. The molecule has 0 unspecified atom stereocenters. The third kappa shape index (κ3) is 4.64. The molecule has 1 aliphatic heterocycles. The first kappa shape index (κ1) is 21.4. The normalized spacial score (nSPS) is 17.6. The van der Waals surface area contributed by atoms with E-state index >= 15 is 0 Å². The Hall–Kier alpha value is -3.30. The molecule has 1 spiro atoms. The highest BCUT2D eigenvalue weighted by Gasteiger charge is 2.52. The Bertz CT molecular complexity index is 819. The number of hydrazine groups is 1. The molecular weight excluding hydrogens is 390 g/mol. The van der Waals surface area contributed by atoms with Crippen LogP contribution in [0.15, 0.2) is 24.3 Å². The highest BCUT2D eigenvalue weighted by Crippen LogP contribution is 2.33. The van der Waals surface area contributed by atoms with Crippen molar-refractivity contribution >= 4 is 29.4 Å². The van der Waals surface area contributed by atoms with Gasteiger partial charge < -0.3 is 20.7 Å². The molecule has 10 nitrogen and oxygen atoms in total. The van der Waals surface area contributed by atoms with Crippen LogP contribution in [0.1, 0.15) is 38.5 Å². The molecule has 1 saturated heterocycles. The predicted molar refractivity (Wildman–Crippen MR) is 108 cm³/mol. The number of urea groups is 1. The molecule has 4 N–H and O–H groups in total. The highest BCUT2D eigenvalue weighted by atomic mass is 16.5. The van der Waals surface area contributed by atoms with E-state index in [2.05, 4.69) is 10.7 Å². The summed E-state index contributed by atoms with van der Waals surface area (Å²) in [6, 6.07) is 6.34. The Morgan fingerprint density at radius 3 is 2.47 bits per heavy atom. The molecule has 1 heterocycles. The van der Waals surface area contributed by atoms with Crippen molar-refractivity contribution in [3.05, 3.63) is 24.3 Å². The minimum atomic E-state index is -0.912. The summed E-state index contributed by atoms with van der Waals surface area (Å²) in [6.45, 7) is 0.0445. The number of nitrogens with one attached hydrogen (secondary N) is 2. The van der Waals surface area contributed by atoms with Crippen LogP contribution in [0.4, 0.5) is 10.5 Å². The number of nitrogens with two attached hydrogens (primary N) is 1. The Balaban J connectivity index is 1.68. The fraction of sp³-hybridized carbons (Fsp3) is 0.500. The molecule has 1 aromatic rings. The lowest BCUT2D eigenvalue weighted by atomic mass is 9.82. The van der Waals surface area contributed by atoms with Crippen LogP contribution in [-0.4, -0.2) is 54.5 Å². The zero-order valence-corrected chi connectivity index (χ0v) is 17.0. The van der Waals surface area contributed by atoms with Crippen LogP contribution in [0.3, 0.4) is 0 Å². The third-order valence-electron chi connectivity index (χ3n) is 5.51. The van der Waals surface area contributed by atoms with Gasteiger partial charge in [-0.05, 0) is 37.1 Å². The highest BCUT2D eigenvalue weighted by molar-refractivity contribution is 6.08. The monoisotopic (exact) mass is 417 g/mol. The van der Waals surface area contributed by atoms with Crippen LogP contribution in [0, 0.1) is 0 Å². The largest absolute Gasteiger partial charge is 0.497 e. The summed E-state index contributed by atoms with van der Waals surface area (Å²) in [7, 11) is 1.55. The summed E-state index contributed by atoms with van der Waals surface area (Å²) < 4.78 is 5.13. The molecule has 30 heavy (non-hydrogen) atoms. The van der Waals surface area contributed by atoms with Crippen molar-refractivity contribution < 1.29 is 23.9 Å². The SMILES string of the molecule is COc1ccc(N(CCC(N)=O)CC(=O)NN2C(=O)NC3(CCCCC3)C2=O)cc1. The van der Waals surface area contributed by atoms with Gasteiger partial charge in [-0.25, -0.2) is 4.79 Å². The lowest BCUT2D eigenvalue weighted by Gasteiger charge is -2.30. The molecule has 10 heteroatoms. The maximum Gasteiger partial charge on any atom is 0.344 e. The quantitative estimate of drug-likeness (QED) is 0.532. The number of amides is 5. The van der Waals surface area contributed by atoms with Crippen molar-refractivity contribution in [2.45, 2.75) is 44.1 Å². The van der Waals surface area contributed by atoms with E-state index < -0.39 is 29.3 Å². The molecule has 2 aliphatic rings. The second-order valence-corrected chi connectivity index (χ2v) is 7.58. The number of hydrogen-bond acceptors (Lipinski definition) is 6. The number of carbonyl (C=O) groups is 4. The molecule has 5 amide bonds. The fourth-order valence-electron chi connectivity index (χ4n) is 3.89. The minimum Gasteiger partial charge on any atom is -0.497 e. The molecule has 1 aromatic carbocycles. The number of hydrogen-bond donors (Lipinski definition) is 3. The van der Waals surface area contributed by atoms with E-state index in [1.165, 1.54) is 0 Å². The molecule has 1 aliphatic carbocycles. The number of primary amides is 1. The van der Waals surface area contributed by atoms with Crippen LogP contribution in [0.5, 0.6) is 5.75 Å². The van der Waals surface area contributed by atoms with Gasteiger partial charge >= 0.3 is 6.03 Å². The lowest BCUT2D eigenvalue weighted by molar-refractivity contribution is -0.139. The van der Waals surface area contributed by atoms with Crippen LogP contribution in [0.25, 0.3) is 0 Å². The number of nitrogens with zero attached hydrogens (tertiary/aromatic N) is 2. The summed E-state index contributed by atoms with van der Waals surface area (Å²) in [5, 5.41) is 3.52. The summed E-state index contributed by atoms with van der Waals surface area (Å²) in [5.74, 6) is -0.822. The average molecular weight is 417 g/mol. The number of methoxy groups -OCH3 is 1. The van der Waals surface area contributed by atoms with Gasteiger partial charge in [0, 0.05) is 18.7 Å². The number of rotatable bonds is 8. The van der Waals surface area contributed by atoms with Crippen molar-refractivity contribution in [3.8, 4) is 5.75 Å². The molecule has 0 bridgehead atoms. The molecule has 162 valence electrons. The Morgan fingerprint density at radius 2 is 1.87 bits per heavy atom. The average Bonchev–Trinajstić information content (AvgIpc) is 2.95. The first-order valence-electron chi connectivity index (χ1n) is 9.98. The van der Waals surface area contributed by atoms with Gasteiger partial charge in [0.1, 0.15) is 11.3 Å². The number of anilines is 1. The van der Waals surface area contributed by atoms with Gasteiger partial charge in [-0.1, -0.05) is 19.3 Å². The fourth-order valence-corrected chi connectivity index (χ4v) is 3.89. The maximum absolute atomic E-state index is 12.8.